The number of piperidine rings is 1. The highest BCUT2D eigenvalue weighted by Gasteiger charge is 2.45. The van der Waals surface area contributed by atoms with Gasteiger partial charge in [0, 0.05) is 26.6 Å². The molecule has 1 fully saturated rings. The molecule has 12 nitrogen and oxygen atoms in total. The Morgan fingerprint density at radius 2 is 1.53 bits per heavy atom. The molecule has 36 heavy (non-hydrogen) atoms. The summed E-state index contributed by atoms with van der Waals surface area (Å²) in [6.07, 6.45) is 0.196. The molecule has 0 aliphatic carbocycles. The number of likely N-dealkylation sites (N-methyl/N-ethyl adjacent to an activating group) is 1. The Balaban J connectivity index is 1.41. The predicted molar refractivity (Wildman–Crippen MR) is 129 cm³/mol. The van der Waals surface area contributed by atoms with E-state index in [2.05, 4.69) is 5.32 Å². The summed E-state index contributed by atoms with van der Waals surface area (Å²) in [6, 6.07) is 4.03. The van der Waals surface area contributed by atoms with Crippen molar-refractivity contribution >= 4 is 29.3 Å². The minimum atomic E-state index is -0.994. The molecule has 2 aliphatic rings. The van der Waals surface area contributed by atoms with Gasteiger partial charge in [-0.2, -0.15) is 0 Å². The summed E-state index contributed by atoms with van der Waals surface area (Å²) in [7, 11) is 1.80. The van der Waals surface area contributed by atoms with Crippen molar-refractivity contribution in [2.24, 2.45) is 5.73 Å². The van der Waals surface area contributed by atoms with Crippen LogP contribution in [0.2, 0.25) is 0 Å². The number of hydrogen-bond donors (Lipinski definition) is 2. The van der Waals surface area contributed by atoms with E-state index in [1.807, 2.05) is 4.90 Å². The zero-order valence-corrected chi connectivity index (χ0v) is 20.5. The molecule has 0 saturated carbocycles. The Labute approximate surface area is 209 Å². The van der Waals surface area contributed by atoms with Crippen molar-refractivity contribution in [1.29, 1.82) is 0 Å². The van der Waals surface area contributed by atoms with Crippen LogP contribution in [-0.4, -0.2) is 108 Å². The van der Waals surface area contributed by atoms with Crippen LogP contribution in [-0.2, 0) is 28.5 Å². The van der Waals surface area contributed by atoms with E-state index < -0.39 is 29.7 Å². The molecular formula is C24H34N4O8. The van der Waals surface area contributed by atoms with Gasteiger partial charge in [0.1, 0.15) is 6.04 Å². The van der Waals surface area contributed by atoms with Crippen molar-refractivity contribution in [3.63, 3.8) is 0 Å². The molecule has 4 amide bonds. The first-order valence-corrected chi connectivity index (χ1v) is 12.0. The van der Waals surface area contributed by atoms with Crippen LogP contribution in [0.4, 0.5) is 5.69 Å². The van der Waals surface area contributed by atoms with Crippen molar-refractivity contribution in [1.82, 2.24) is 10.2 Å². The molecule has 2 heterocycles. The SMILES string of the molecule is CN(CCOCCOCCOCCOCCN)c1cccc2c1C(=O)N(C1CCC(=O)NC1=O)C2=O. The quantitative estimate of drug-likeness (QED) is 0.223. The lowest BCUT2D eigenvalue weighted by molar-refractivity contribution is -0.136. The van der Waals surface area contributed by atoms with Crippen molar-refractivity contribution in [3.05, 3.63) is 29.3 Å². The fourth-order valence-electron chi connectivity index (χ4n) is 3.98. The maximum Gasteiger partial charge on any atom is 0.264 e. The highest BCUT2D eigenvalue weighted by atomic mass is 16.6. The molecule has 3 N–H and O–H groups in total. The molecule has 12 heteroatoms. The number of benzene rings is 1. The second kappa shape index (κ2) is 14.0. The van der Waals surface area contributed by atoms with Crippen LogP contribution in [0.1, 0.15) is 33.6 Å². The van der Waals surface area contributed by atoms with Gasteiger partial charge < -0.3 is 29.6 Å². The monoisotopic (exact) mass is 506 g/mol. The zero-order chi connectivity index (χ0) is 25.9. The molecule has 3 rings (SSSR count). The second-order valence-corrected chi connectivity index (χ2v) is 8.31. The summed E-state index contributed by atoms with van der Waals surface area (Å²) in [5.41, 5.74) is 6.41. The van der Waals surface area contributed by atoms with Gasteiger partial charge in [0.2, 0.25) is 11.8 Å². The van der Waals surface area contributed by atoms with Gasteiger partial charge in [-0.25, -0.2) is 0 Å². The number of rotatable bonds is 16. The lowest BCUT2D eigenvalue weighted by atomic mass is 10.0. The largest absolute Gasteiger partial charge is 0.378 e. The summed E-state index contributed by atoms with van der Waals surface area (Å²) in [6.45, 7) is 4.63. The topological polar surface area (TPSA) is 150 Å². The van der Waals surface area contributed by atoms with Gasteiger partial charge in [-0.05, 0) is 18.6 Å². The van der Waals surface area contributed by atoms with Crippen LogP contribution in [0.25, 0.3) is 0 Å². The summed E-state index contributed by atoms with van der Waals surface area (Å²) >= 11 is 0. The third kappa shape index (κ3) is 7.08. The fourth-order valence-corrected chi connectivity index (χ4v) is 3.98. The van der Waals surface area contributed by atoms with E-state index in [0.29, 0.717) is 71.6 Å². The van der Waals surface area contributed by atoms with Crippen LogP contribution in [0, 0.1) is 0 Å². The van der Waals surface area contributed by atoms with Crippen molar-refractivity contribution in [2.45, 2.75) is 18.9 Å². The van der Waals surface area contributed by atoms with E-state index in [0.717, 1.165) is 4.90 Å². The molecule has 0 bridgehead atoms. The van der Waals surface area contributed by atoms with Gasteiger partial charge in [-0.3, -0.25) is 29.4 Å². The first-order chi connectivity index (χ1) is 17.5. The molecule has 2 aliphatic heterocycles. The number of carbonyl (C=O) groups is 4. The molecule has 1 unspecified atom stereocenters. The third-order valence-electron chi connectivity index (χ3n) is 5.81. The molecule has 1 aromatic rings. The number of carbonyl (C=O) groups excluding carboxylic acids is 4. The van der Waals surface area contributed by atoms with Gasteiger partial charge in [-0.15, -0.1) is 0 Å². The van der Waals surface area contributed by atoms with Crippen molar-refractivity contribution < 1.29 is 38.1 Å². The minimum Gasteiger partial charge on any atom is -0.378 e. The summed E-state index contributed by atoms with van der Waals surface area (Å²) < 4.78 is 21.6. The molecule has 198 valence electrons. The number of ether oxygens (including phenoxy) is 4. The average Bonchev–Trinajstić information content (AvgIpc) is 3.12. The highest BCUT2D eigenvalue weighted by molar-refractivity contribution is 6.25. The van der Waals surface area contributed by atoms with E-state index in [1.54, 1.807) is 25.2 Å². The van der Waals surface area contributed by atoms with Crippen LogP contribution in [0.3, 0.4) is 0 Å². The summed E-state index contributed by atoms with van der Waals surface area (Å²) in [5.74, 6) is -2.10. The van der Waals surface area contributed by atoms with Crippen LogP contribution in [0.5, 0.6) is 0 Å². The Bertz CT molecular complexity index is 941. The van der Waals surface area contributed by atoms with E-state index >= 15 is 0 Å². The maximum absolute atomic E-state index is 13.2. The number of imide groups is 2. The Morgan fingerprint density at radius 1 is 0.917 bits per heavy atom. The third-order valence-corrected chi connectivity index (χ3v) is 5.81. The Morgan fingerprint density at radius 3 is 2.14 bits per heavy atom. The number of nitrogens with two attached hydrogens (primary N) is 1. The van der Waals surface area contributed by atoms with Gasteiger partial charge in [-0.1, -0.05) is 6.07 Å². The molecule has 0 spiro atoms. The fraction of sp³-hybridized carbons (Fsp3) is 0.583. The molecular weight excluding hydrogens is 472 g/mol. The smallest absolute Gasteiger partial charge is 0.264 e. The predicted octanol–water partition coefficient (Wildman–Crippen LogP) is -0.451. The minimum absolute atomic E-state index is 0.0782. The van der Waals surface area contributed by atoms with Gasteiger partial charge >= 0.3 is 0 Å². The molecule has 0 radical (unpaired) electrons. The summed E-state index contributed by atoms with van der Waals surface area (Å²) in [4.78, 5) is 52.7. The maximum atomic E-state index is 13.2. The first kappa shape index (κ1) is 27.7. The van der Waals surface area contributed by atoms with Crippen LogP contribution >= 0.6 is 0 Å². The first-order valence-electron chi connectivity index (χ1n) is 12.0. The normalized spacial score (nSPS) is 17.5. The number of anilines is 1. The van der Waals surface area contributed by atoms with E-state index in [-0.39, 0.29) is 24.0 Å². The van der Waals surface area contributed by atoms with Crippen molar-refractivity contribution in [3.8, 4) is 0 Å². The van der Waals surface area contributed by atoms with E-state index in [9.17, 15) is 19.2 Å². The Kier molecular flexibility index (Phi) is 10.8. The molecule has 0 aromatic heterocycles. The van der Waals surface area contributed by atoms with E-state index in [1.165, 1.54) is 0 Å². The summed E-state index contributed by atoms with van der Waals surface area (Å²) in [5, 5.41) is 2.20. The lowest BCUT2D eigenvalue weighted by Crippen LogP contribution is -2.54. The van der Waals surface area contributed by atoms with Crippen LogP contribution in [0.15, 0.2) is 18.2 Å². The highest BCUT2D eigenvalue weighted by Crippen LogP contribution is 2.33. The lowest BCUT2D eigenvalue weighted by Gasteiger charge is -2.28. The standard InChI is InChI=1S/C24H34N4O8/c1-27(8-10-34-12-14-36-16-15-35-13-11-33-9-7-25)18-4-2-3-17-21(18)24(32)28(23(17)31)19-5-6-20(29)26-22(19)30/h2-4,19H,5-16,25H2,1H3,(H,26,29,30). The number of hydrogen-bond acceptors (Lipinski definition) is 10. The Hall–Kier alpha value is -2.90. The van der Waals surface area contributed by atoms with Crippen molar-refractivity contribution in [2.75, 3.05) is 77.9 Å². The van der Waals surface area contributed by atoms with Gasteiger partial charge in [0.15, 0.2) is 0 Å². The number of nitrogens with zero attached hydrogens (tertiary/aromatic N) is 2. The van der Waals surface area contributed by atoms with Gasteiger partial charge in [0.25, 0.3) is 11.8 Å². The second-order valence-electron chi connectivity index (χ2n) is 8.31. The average molecular weight is 507 g/mol. The van der Waals surface area contributed by atoms with Crippen LogP contribution < -0.4 is 16.0 Å². The van der Waals surface area contributed by atoms with Gasteiger partial charge in [0.05, 0.1) is 69.7 Å². The molecule has 1 aromatic carbocycles. The number of amides is 4. The molecule has 1 saturated heterocycles. The number of nitrogens with one attached hydrogen (secondary N) is 1. The zero-order valence-electron chi connectivity index (χ0n) is 20.5. The number of fused-ring (bicyclic) bond motifs is 1. The van der Waals surface area contributed by atoms with E-state index in [4.69, 9.17) is 24.7 Å². The molecule has 1 atom stereocenters.